The molecule has 0 aliphatic rings. The van der Waals surface area contributed by atoms with E-state index in [0.717, 1.165) is 10.5 Å². The molecule has 0 aliphatic carbocycles. The standard InChI is InChI=1S/C19H23NOS/c1-12-10-14(3)17(11-13(12)2)15(4)20-19(21)16-8-6-7-9-18(16)22-5/h6-11,15H,1-5H3,(H,20,21). The minimum Gasteiger partial charge on any atom is -0.345 e. The maximum Gasteiger partial charge on any atom is 0.252 e. The summed E-state index contributed by atoms with van der Waals surface area (Å²) < 4.78 is 0. The highest BCUT2D eigenvalue weighted by atomic mass is 32.2. The summed E-state index contributed by atoms with van der Waals surface area (Å²) in [5.41, 5.74) is 5.68. The largest absolute Gasteiger partial charge is 0.345 e. The first-order valence-corrected chi connectivity index (χ1v) is 8.68. The lowest BCUT2D eigenvalue weighted by Gasteiger charge is -2.19. The van der Waals surface area contributed by atoms with Gasteiger partial charge in [0.15, 0.2) is 0 Å². The van der Waals surface area contributed by atoms with Gasteiger partial charge in [-0.1, -0.05) is 24.3 Å². The van der Waals surface area contributed by atoms with E-state index in [0.29, 0.717) is 0 Å². The summed E-state index contributed by atoms with van der Waals surface area (Å²) in [7, 11) is 0. The first-order valence-electron chi connectivity index (χ1n) is 7.45. The quantitative estimate of drug-likeness (QED) is 0.820. The predicted molar refractivity (Wildman–Crippen MR) is 94.8 cm³/mol. The van der Waals surface area contributed by atoms with Gasteiger partial charge >= 0.3 is 0 Å². The molecule has 1 atom stereocenters. The Hall–Kier alpha value is -1.74. The van der Waals surface area contributed by atoms with Crippen molar-refractivity contribution < 1.29 is 4.79 Å². The summed E-state index contributed by atoms with van der Waals surface area (Å²) in [4.78, 5) is 13.6. The molecule has 116 valence electrons. The molecule has 2 rings (SSSR count). The summed E-state index contributed by atoms with van der Waals surface area (Å²) in [6.45, 7) is 8.36. The van der Waals surface area contributed by atoms with E-state index in [4.69, 9.17) is 0 Å². The molecule has 1 unspecified atom stereocenters. The van der Waals surface area contributed by atoms with Crippen LogP contribution in [0.1, 0.15) is 45.6 Å². The molecule has 0 aliphatic heterocycles. The van der Waals surface area contributed by atoms with Crippen LogP contribution in [0.2, 0.25) is 0 Å². The van der Waals surface area contributed by atoms with E-state index >= 15 is 0 Å². The van der Waals surface area contributed by atoms with Crippen molar-refractivity contribution in [3.8, 4) is 0 Å². The zero-order valence-electron chi connectivity index (χ0n) is 13.9. The Morgan fingerprint density at radius 1 is 1.05 bits per heavy atom. The molecular formula is C19H23NOS. The van der Waals surface area contributed by atoms with Gasteiger partial charge in [-0.3, -0.25) is 4.79 Å². The number of benzene rings is 2. The Labute approximate surface area is 137 Å². The smallest absolute Gasteiger partial charge is 0.252 e. The molecule has 1 amide bonds. The van der Waals surface area contributed by atoms with Crippen molar-refractivity contribution in [2.24, 2.45) is 0 Å². The van der Waals surface area contributed by atoms with Crippen LogP contribution in [0.15, 0.2) is 41.3 Å². The lowest BCUT2D eigenvalue weighted by molar-refractivity contribution is 0.0937. The number of rotatable bonds is 4. The number of carbonyl (C=O) groups excluding carboxylic acids is 1. The molecule has 0 radical (unpaired) electrons. The second kappa shape index (κ2) is 7.01. The minimum absolute atomic E-state index is 0.0123. The summed E-state index contributed by atoms with van der Waals surface area (Å²) in [6, 6.07) is 12.1. The third-order valence-electron chi connectivity index (χ3n) is 4.05. The molecule has 0 saturated heterocycles. The first kappa shape index (κ1) is 16.6. The van der Waals surface area contributed by atoms with Crippen LogP contribution >= 0.6 is 11.8 Å². The van der Waals surface area contributed by atoms with Crippen LogP contribution in [0.5, 0.6) is 0 Å². The SMILES string of the molecule is CSc1ccccc1C(=O)NC(C)c1cc(C)c(C)cc1C. The summed E-state index contributed by atoms with van der Waals surface area (Å²) in [6.07, 6.45) is 1.99. The molecule has 0 heterocycles. The number of hydrogen-bond donors (Lipinski definition) is 1. The Kier molecular flexibility index (Phi) is 5.30. The van der Waals surface area contributed by atoms with Crippen molar-refractivity contribution in [2.45, 2.75) is 38.6 Å². The number of aryl methyl sites for hydroxylation is 3. The van der Waals surface area contributed by atoms with E-state index in [1.807, 2.05) is 37.4 Å². The highest BCUT2D eigenvalue weighted by Crippen LogP contribution is 2.24. The monoisotopic (exact) mass is 313 g/mol. The molecule has 0 spiro atoms. The fourth-order valence-electron chi connectivity index (χ4n) is 2.63. The molecule has 1 N–H and O–H groups in total. The molecule has 2 nitrogen and oxygen atoms in total. The molecule has 3 heteroatoms. The normalized spacial score (nSPS) is 12.0. The van der Waals surface area contributed by atoms with E-state index in [-0.39, 0.29) is 11.9 Å². The molecule has 2 aromatic rings. The van der Waals surface area contributed by atoms with Crippen molar-refractivity contribution >= 4 is 17.7 Å². The number of carbonyl (C=O) groups is 1. The van der Waals surface area contributed by atoms with E-state index in [1.54, 1.807) is 11.8 Å². The Balaban J connectivity index is 2.23. The molecule has 0 bridgehead atoms. The van der Waals surface area contributed by atoms with Gasteiger partial charge in [0.25, 0.3) is 5.91 Å². The third kappa shape index (κ3) is 3.53. The van der Waals surface area contributed by atoms with Crippen LogP contribution in [0.25, 0.3) is 0 Å². The minimum atomic E-state index is -0.0184. The van der Waals surface area contributed by atoms with Gasteiger partial charge < -0.3 is 5.32 Å². The molecule has 0 saturated carbocycles. The zero-order chi connectivity index (χ0) is 16.3. The summed E-state index contributed by atoms with van der Waals surface area (Å²) in [5.74, 6) is -0.0184. The van der Waals surface area contributed by atoms with Crippen LogP contribution in [0, 0.1) is 20.8 Å². The zero-order valence-corrected chi connectivity index (χ0v) is 14.7. The highest BCUT2D eigenvalue weighted by Gasteiger charge is 2.16. The van der Waals surface area contributed by atoms with Crippen LogP contribution in [0.4, 0.5) is 0 Å². The Bertz CT molecular complexity index is 694. The van der Waals surface area contributed by atoms with Gasteiger partial charge in [-0.2, -0.15) is 0 Å². The van der Waals surface area contributed by atoms with Gasteiger partial charge in [0.2, 0.25) is 0 Å². The van der Waals surface area contributed by atoms with Crippen molar-refractivity contribution in [3.63, 3.8) is 0 Å². The molecule has 2 aromatic carbocycles. The average Bonchev–Trinajstić information content (AvgIpc) is 2.50. The highest BCUT2D eigenvalue weighted by molar-refractivity contribution is 7.98. The Morgan fingerprint density at radius 3 is 2.36 bits per heavy atom. The van der Waals surface area contributed by atoms with Crippen LogP contribution in [-0.4, -0.2) is 12.2 Å². The van der Waals surface area contributed by atoms with E-state index < -0.39 is 0 Å². The second-order valence-electron chi connectivity index (χ2n) is 5.69. The number of nitrogens with one attached hydrogen (secondary N) is 1. The fraction of sp³-hybridized carbons (Fsp3) is 0.316. The molecule has 22 heavy (non-hydrogen) atoms. The lowest BCUT2D eigenvalue weighted by atomic mass is 9.96. The first-order chi connectivity index (χ1) is 10.4. The van der Waals surface area contributed by atoms with E-state index in [1.165, 1.54) is 22.3 Å². The van der Waals surface area contributed by atoms with Crippen LogP contribution < -0.4 is 5.32 Å². The van der Waals surface area contributed by atoms with Gasteiger partial charge in [-0.25, -0.2) is 0 Å². The molecule has 0 fully saturated rings. The summed E-state index contributed by atoms with van der Waals surface area (Å²) in [5, 5.41) is 3.12. The lowest BCUT2D eigenvalue weighted by Crippen LogP contribution is -2.27. The van der Waals surface area contributed by atoms with Crippen LogP contribution in [0.3, 0.4) is 0 Å². The van der Waals surface area contributed by atoms with Crippen molar-refractivity contribution in [1.29, 1.82) is 0 Å². The van der Waals surface area contributed by atoms with Gasteiger partial charge in [0.1, 0.15) is 0 Å². The average molecular weight is 313 g/mol. The van der Waals surface area contributed by atoms with Crippen molar-refractivity contribution in [2.75, 3.05) is 6.26 Å². The van der Waals surface area contributed by atoms with Gasteiger partial charge in [-0.15, -0.1) is 11.8 Å². The maximum atomic E-state index is 12.5. The second-order valence-corrected chi connectivity index (χ2v) is 6.54. The van der Waals surface area contributed by atoms with Crippen molar-refractivity contribution in [1.82, 2.24) is 5.32 Å². The third-order valence-corrected chi connectivity index (χ3v) is 4.84. The van der Waals surface area contributed by atoms with Crippen molar-refractivity contribution in [3.05, 3.63) is 64.2 Å². The maximum absolute atomic E-state index is 12.5. The molecular weight excluding hydrogens is 290 g/mol. The van der Waals surface area contributed by atoms with Gasteiger partial charge in [0, 0.05) is 4.90 Å². The number of amides is 1. The number of thioether (sulfide) groups is 1. The Morgan fingerprint density at radius 2 is 1.68 bits per heavy atom. The van der Waals surface area contributed by atoms with Crippen LogP contribution in [-0.2, 0) is 0 Å². The molecule has 0 aromatic heterocycles. The van der Waals surface area contributed by atoms with Gasteiger partial charge in [0.05, 0.1) is 11.6 Å². The topological polar surface area (TPSA) is 29.1 Å². The van der Waals surface area contributed by atoms with E-state index in [2.05, 4.69) is 38.2 Å². The summed E-state index contributed by atoms with van der Waals surface area (Å²) >= 11 is 1.59. The number of hydrogen-bond acceptors (Lipinski definition) is 2. The predicted octanol–water partition coefficient (Wildman–Crippen LogP) is 4.82. The fourth-order valence-corrected chi connectivity index (χ4v) is 3.23. The van der Waals surface area contributed by atoms with E-state index in [9.17, 15) is 4.79 Å². The van der Waals surface area contributed by atoms with Gasteiger partial charge in [-0.05, 0) is 68.3 Å².